The summed E-state index contributed by atoms with van der Waals surface area (Å²) >= 11 is 0. The Balaban J connectivity index is 1.54. The zero-order chi connectivity index (χ0) is 16.6. The molecule has 1 aromatic carbocycles. The van der Waals surface area contributed by atoms with Crippen LogP contribution in [0.1, 0.15) is 11.4 Å². The van der Waals surface area contributed by atoms with Gasteiger partial charge in [0.25, 0.3) is 0 Å². The molecule has 24 heavy (non-hydrogen) atoms. The summed E-state index contributed by atoms with van der Waals surface area (Å²) in [6.07, 6.45) is 3.43. The molecule has 0 bridgehead atoms. The Labute approximate surface area is 140 Å². The van der Waals surface area contributed by atoms with Crippen molar-refractivity contribution in [3.05, 3.63) is 72.4 Å². The predicted molar refractivity (Wildman–Crippen MR) is 93.2 cm³/mol. The summed E-state index contributed by atoms with van der Waals surface area (Å²) < 4.78 is 5.52. The molecule has 0 aliphatic rings. The lowest BCUT2D eigenvalue weighted by Crippen LogP contribution is -2.36. The van der Waals surface area contributed by atoms with E-state index in [0.29, 0.717) is 24.9 Å². The Morgan fingerprint density at radius 3 is 2.46 bits per heavy atom. The molecule has 2 aromatic heterocycles. The minimum atomic E-state index is 0.526. The maximum Gasteiger partial charge on any atom is 0.226 e. The van der Waals surface area contributed by atoms with Crippen LogP contribution in [0.15, 0.2) is 70.4 Å². The lowest BCUT2D eigenvalue weighted by atomic mass is 10.2. The highest BCUT2D eigenvalue weighted by Gasteiger charge is 2.07. The van der Waals surface area contributed by atoms with E-state index in [1.54, 1.807) is 19.5 Å². The SMILES string of the molecule is CN=C(NCc1ccccn1)NCc1coc(-c2ccccc2)n1. The minimum Gasteiger partial charge on any atom is -0.444 e. The van der Waals surface area contributed by atoms with Crippen LogP contribution in [-0.4, -0.2) is 23.0 Å². The largest absolute Gasteiger partial charge is 0.444 e. The number of nitrogens with zero attached hydrogens (tertiary/aromatic N) is 3. The van der Waals surface area contributed by atoms with Crippen LogP contribution in [0, 0.1) is 0 Å². The third-order valence-electron chi connectivity index (χ3n) is 3.40. The maximum absolute atomic E-state index is 5.52. The van der Waals surface area contributed by atoms with Crippen molar-refractivity contribution in [3.63, 3.8) is 0 Å². The van der Waals surface area contributed by atoms with Crippen molar-refractivity contribution < 1.29 is 4.42 Å². The number of pyridine rings is 1. The molecule has 0 saturated heterocycles. The zero-order valence-corrected chi connectivity index (χ0v) is 13.4. The van der Waals surface area contributed by atoms with Crippen LogP contribution in [0.2, 0.25) is 0 Å². The fourth-order valence-corrected chi connectivity index (χ4v) is 2.17. The number of aromatic nitrogens is 2. The summed E-state index contributed by atoms with van der Waals surface area (Å²) in [6.45, 7) is 1.13. The fourth-order valence-electron chi connectivity index (χ4n) is 2.17. The molecule has 0 spiro atoms. The number of hydrogen-bond donors (Lipinski definition) is 2. The van der Waals surface area contributed by atoms with Crippen LogP contribution >= 0.6 is 0 Å². The van der Waals surface area contributed by atoms with E-state index < -0.39 is 0 Å². The van der Waals surface area contributed by atoms with Gasteiger partial charge in [-0.1, -0.05) is 24.3 Å². The van der Waals surface area contributed by atoms with Gasteiger partial charge in [0, 0.05) is 18.8 Å². The molecule has 0 aliphatic carbocycles. The molecule has 0 atom stereocenters. The molecule has 2 N–H and O–H groups in total. The van der Waals surface area contributed by atoms with Gasteiger partial charge in [-0.25, -0.2) is 4.98 Å². The number of aliphatic imine (C=N–C) groups is 1. The van der Waals surface area contributed by atoms with E-state index in [-0.39, 0.29) is 0 Å². The van der Waals surface area contributed by atoms with Crippen molar-refractivity contribution in [1.82, 2.24) is 20.6 Å². The monoisotopic (exact) mass is 321 g/mol. The maximum atomic E-state index is 5.52. The Bertz CT molecular complexity index is 783. The van der Waals surface area contributed by atoms with Crippen LogP contribution < -0.4 is 10.6 Å². The van der Waals surface area contributed by atoms with Gasteiger partial charge < -0.3 is 15.1 Å². The van der Waals surface area contributed by atoms with Crippen molar-refractivity contribution in [2.75, 3.05) is 7.05 Å². The zero-order valence-electron chi connectivity index (χ0n) is 13.4. The minimum absolute atomic E-state index is 0.526. The average Bonchev–Trinajstić information content (AvgIpc) is 3.12. The Morgan fingerprint density at radius 1 is 1.00 bits per heavy atom. The van der Waals surface area contributed by atoms with Crippen LogP contribution in [-0.2, 0) is 13.1 Å². The second-order valence-electron chi connectivity index (χ2n) is 5.11. The van der Waals surface area contributed by atoms with Gasteiger partial charge in [0.15, 0.2) is 5.96 Å². The smallest absolute Gasteiger partial charge is 0.226 e. The van der Waals surface area contributed by atoms with Crippen LogP contribution in [0.5, 0.6) is 0 Å². The van der Waals surface area contributed by atoms with Crippen molar-refractivity contribution in [3.8, 4) is 11.5 Å². The Kier molecular flexibility index (Phi) is 5.19. The molecule has 6 heteroatoms. The summed E-state index contributed by atoms with van der Waals surface area (Å²) in [5.74, 6) is 1.30. The molecule has 3 rings (SSSR count). The van der Waals surface area contributed by atoms with Gasteiger partial charge in [-0.05, 0) is 24.3 Å². The van der Waals surface area contributed by atoms with E-state index in [0.717, 1.165) is 17.0 Å². The third kappa shape index (κ3) is 4.19. The number of guanidine groups is 1. The molecule has 6 nitrogen and oxygen atoms in total. The molecular formula is C18H19N5O. The van der Waals surface area contributed by atoms with Crippen LogP contribution in [0.3, 0.4) is 0 Å². The van der Waals surface area contributed by atoms with Gasteiger partial charge in [0.2, 0.25) is 5.89 Å². The number of rotatable bonds is 5. The molecular weight excluding hydrogens is 302 g/mol. The van der Waals surface area contributed by atoms with Crippen LogP contribution in [0.25, 0.3) is 11.5 Å². The third-order valence-corrected chi connectivity index (χ3v) is 3.40. The molecule has 0 aliphatic heterocycles. The Hall–Kier alpha value is -3.15. The molecule has 0 saturated carbocycles. The quantitative estimate of drug-likeness (QED) is 0.558. The first-order valence-corrected chi connectivity index (χ1v) is 7.69. The second kappa shape index (κ2) is 7.92. The molecule has 0 amide bonds. The first-order valence-electron chi connectivity index (χ1n) is 7.69. The van der Waals surface area contributed by atoms with E-state index >= 15 is 0 Å². The Morgan fingerprint density at radius 2 is 1.75 bits per heavy atom. The summed E-state index contributed by atoms with van der Waals surface area (Å²) in [5, 5.41) is 6.42. The lowest BCUT2D eigenvalue weighted by Gasteiger charge is -2.10. The number of oxazole rings is 1. The van der Waals surface area contributed by atoms with Gasteiger partial charge in [-0.15, -0.1) is 0 Å². The van der Waals surface area contributed by atoms with E-state index in [1.807, 2.05) is 48.5 Å². The number of hydrogen-bond acceptors (Lipinski definition) is 4. The van der Waals surface area contributed by atoms with Crippen molar-refractivity contribution in [2.45, 2.75) is 13.1 Å². The second-order valence-corrected chi connectivity index (χ2v) is 5.11. The van der Waals surface area contributed by atoms with E-state index in [1.165, 1.54) is 0 Å². The lowest BCUT2D eigenvalue weighted by molar-refractivity contribution is 0.572. The number of benzene rings is 1. The summed E-state index contributed by atoms with van der Waals surface area (Å²) in [5.41, 5.74) is 2.73. The van der Waals surface area contributed by atoms with Gasteiger partial charge >= 0.3 is 0 Å². The van der Waals surface area contributed by atoms with Gasteiger partial charge in [-0.2, -0.15) is 0 Å². The highest BCUT2D eigenvalue weighted by Crippen LogP contribution is 2.17. The standard InChI is InChI=1S/C18H19N5O/c1-19-18(21-11-15-9-5-6-10-20-15)22-12-16-13-24-17(23-16)14-7-3-2-4-8-14/h2-10,13H,11-12H2,1H3,(H2,19,21,22). The molecule has 0 unspecified atom stereocenters. The first kappa shape index (κ1) is 15.7. The van der Waals surface area contributed by atoms with Crippen LogP contribution in [0.4, 0.5) is 0 Å². The van der Waals surface area contributed by atoms with Crippen molar-refractivity contribution in [1.29, 1.82) is 0 Å². The van der Waals surface area contributed by atoms with E-state index in [2.05, 4.69) is 25.6 Å². The topological polar surface area (TPSA) is 75.3 Å². The predicted octanol–water partition coefficient (Wildman–Crippen LogP) is 2.60. The average molecular weight is 321 g/mol. The molecule has 0 fully saturated rings. The van der Waals surface area contributed by atoms with Crippen molar-refractivity contribution in [2.24, 2.45) is 4.99 Å². The van der Waals surface area contributed by atoms with Gasteiger partial charge in [0.05, 0.1) is 24.5 Å². The molecule has 2 heterocycles. The summed E-state index contributed by atoms with van der Waals surface area (Å²) in [7, 11) is 1.73. The number of nitrogens with one attached hydrogen (secondary N) is 2. The highest BCUT2D eigenvalue weighted by molar-refractivity contribution is 5.79. The highest BCUT2D eigenvalue weighted by atomic mass is 16.3. The van der Waals surface area contributed by atoms with E-state index in [9.17, 15) is 0 Å². The molecule has 0 radical (unpaired) electrons. The first-order chi connectivity index (χ1) is 11.8. The van der Waals surface area contributed by atoms with Crippen molar-refractivity contribution >= 4 is 5.96 Å². The van der Waals surface area contributed by atoms with E-state index in [4.69, 9.17) is 4.42 Å². The molecule has 3 aromatic rings. The summed E-state index contributed by atoms with van der Waals surface area (Å²) in [6, 6.07) is 15.6. The van der Waals surface area contributed by atoms with Gasteiger partial charge in [0.1, 0.15) is 6.26 Å². The summed E-state index contributed by atoms with van der Waals surface area (Å²) in [4.78, 5) is 12.9. The fraction of sp³-hybridized carbons (Fsp3) is 0.167. The molecule has 122 valence electrons. The normalized spacial score (nSPS) is 11.3. The van der Waals surface area contributed by atoms with Gasteiger partial charge in [-0.3, -0.25) is 9.98 Å².